The average Bonchev–Trinajstić information content (AvgIpc) is 3.62. The Hall–Kier alpha value is -4.19. The Labute approximate surface area is 248 Å². The van der Waals surface area contributed by atoms with Crippen LogP contribution >= 0.6 is 11.3 Å². The molecule has 0 radical (unpaired) electrons. The molecule has 5 rings (SSSR count). The number of aromatic nitrogens is 2. The van der Waals surface area contributed by atoms with Crippen LogP contribution in [-0.4, -0.2) is 90.5 Å². The van der Waals surface area contributed by atoms with Gasteiger partial charge in [0.15, 0.2) is 11.5 Å². The first kappa shape index (κ1) is 29.3. The molecule has 2 atom stereocenters. The summed E-state index contributed by atoms with van der Waals surface area (Å²) in [6.07, 6.45) is 1.77. The van der Waals surface area contributed by atoms with Crippen LogP contribution in [0, 0.1) is 12.8 Å². The summed E-state index contributed by atoms with van der Waals surface area (Å²) in [6, 6.07) is 8.97. The van der Waals surface area contributed by atoms with Crippen molar-refractivity contribution in [2.45, 2.75) is 26.2 Å². The third-order valence-electron chi connectivity index (χ3n) is 7.49. The lowest BCUT2D eigenvalue weighted by molar-refractivity contribution is -0.130. The van der Waals surface area contributed by atoms with E-state index in [4.69, 9.17) is 14.2 Å². The molecule has 0 saturated carbocycles. The van der Waals surface area contributed by atoms with Crippen LogP contribution in [0.3, 0.4) is 0 Å². The average molecular weight is 594 g/mol. The maximum absolute atomic E-state index is 13.6. The smallest absolute Gasteiger partial charge is 0.259 e. The van der Waals surface area contributed by atoms with Crippen molar-refractivity contribution in [1.82, 2.24) is 25.1 Å². The second kappa shape index (κ2) is 13.2. The van der Waals surface area contributed by atoms with Gasteiger partial charge >= 0.3 is 0 Å². The minimum absolute atomic E-state index is 0.0648. The molecule has 1 fully saturated rings. The van der Waals surface area contributed by atoms with Gasteiger partial charge in [0.05, 0.1) is 43.3 Å². The Bertz CT molecular complexity index is 1450. The van der Waals surface area contributed by atoms with E-state index in [1.165, 1.54) is 11.3 Å². The van der Waals surface area contributed by atoms with Crippen LogP contribution < -0.4 is 19.5 Å². The Kier molecular flexibility index (Phi) is 9.21. The number of methoxy groups -OCH3 is 1. The van der Waals surface area contributed by atoms with E-state index < -0.39 is 5.92 Å². The lowest BCUT2D eigenvalue weighted by Gasteiger charge is -2.24. The van der Waals surface area contributed by atoms with Crippen LogP contribution in [0.5, 0.6) is 17.4 Å². The molecule has 1 N–H and O–H groups in total. The molecule has 2 bridgehead atoms. The van der Waals surface area contributed by atoms with Gasteiger partial charge < -0.3 is 29.3 Å². The molecule has 4 heterocycles. The van der Waals surface area contributed by atoms with Crippen molar-refractivity contribution in [2.75, 3.05) is 53.0 Å². The first-order valence-electron chi connectivity index (χ1n) is 14.0. The molecule has 0 unspecified atom stereocenters. The molecule has 1 aromatic carbocycles. The number of pyridine rings is 1. The Morgan fingerprint density at radius 2 is 2.00 bits per heavy atom. The van der Waals surface area contributed by atoms with Crippen molar-refractivity contribution < 1.29 is 28.6 Å². The van der Waals surface area contributed by atoms with Crippen molar-refractivity contribution in [1.29, 1.82) is 0 Å². The predicted octanol–water partition coefficient (Wildman–Crippen LogP) is 2.69. The molecule has 3 aromatic rings. The number of hydrogen-bond donors (Lipinski definition) is 1. The number of nitrogens with one attached hydrogen (secondary N) is 1. The van der Waals surface area contributed by atoms with E-state index in [0.29, 0.717) is 30.2 Å². The standard InChI is InChI=1S/C30H35N5O6S/c1-4-40-29-22(6-5-9-32-29)30(38)34-11-10-31-28(37)24-17-35(27(36)15-21-18-42-19(2)33-21)16-23(24)20-7-8-25(39-3)26(14-20)41-13-12-34/h5-9,14,18,23-24H,4,10-13,15-17H2,1-3H3,(H,31,37)/t23-,24+/m1/s1. The van der Waals surface area contributed by atoms with Crippen LogP contribution in [-0.2, 0) is 16.0 Å². The molecule has 2 aromatic heterocycles. The van der Waals surface area contributed by atoms with E-state index >= 15 is 0 Å². The zero-order chi connectivity index (χ0) is 29.6. The minimum Gasteiger partial charge on any atom is -0.493 e. The van der Waals surface area contributed by atoms with Gasteiger partial charge in [0.2, 0.25) is 17.7 Å². The number of aryl methyl sites for hydroxylation is 1. The molecule has 0 spiro atoms. The van der Waals surface area contributed by atoms with Crippen LogP contribution in [0.1, 0.15) is 39.5 Å². The number of rotatable bonds is 6. The number of hydrogen-bond acceptors (Lipinski definition) is 9. The summed E-state index contributed by atoms with van der Waals surface area (Å²) in [4.78, 5) is 52.4. The zero-order valence-electron chi connectivity index (χ0n) is 24.0. The summed E-state index contributed by atoms with van der Waals surface area (Å²) in [7, 11) is 1.57. The Morgan fingerprint density at radius 1 is 1.17 bits per heavy atom. The first-order chi connectivity index (χ1) is 20.4. The van der Waals surface area contributed by atoms with Crippen LogP contribution in [0.2, 0.25) is 0 Å². The molecule has 11 nitrogen and oxygen atoms in total. The van der Waals surface area contributed by atoms with Gasteiger partial charge in [0.25, 0.3) is 5.91 Å². The van der Waals surface area contributed by atoms with Crippen LogP contribution in [0.4, 0.5) is 0 Å². The minimum atomic E-state index is -0.472. The number of amides is 3. The Morgan fingerprint density at radius 3 is 2.76 bits per heavy atom. The largest absolute Gasteiger partial charge is 0.493 e. The monoisotopic (exact) mass is 593 g/mol. The Balaban J connectivity index is 1.39. The zero-order valence-corrected chi connectivity index (χ0v) is 24.8. The topological polar surface area (TPSA) is 123 Å². The van der Waals surface area contributed by atoms with Gasteiger partial charge in [0.1, 0.15) is 12.2 Å². The summed E-state index contributed by atoms with van der Waals surface area (Å²) >= 11 is 1.51. The summed E-state index contributed by atoms with van der Waals surface area (Å²) in [5, 5.41) is 5.82. The quantitative estimate of drug-likeness (QED) is 0.463. The lowest BCUT2D eigenvalue weighted by Crippen LogP contribution is -2.43. The third-order valence-corrected chi connectivity index (χ3v) is 8.32. The lowest BCUT2D eigenvalue weighted by atomic mass is 9.88. The summed E-state index contributed by atoms with van der Waals surface area (Å²) in [5.74, 6) is 0.114. The van der Waals surface area contributed by atoms with E-state index in [9.17, 15) is 14.4 Å². The predicted molar refractivity (Wildman–Crippen MR) is 156 cm³/mol. The third kappa shape index (κ3) is 6.48. The van der Waals surface area contributed by atoms with E-state index in [2.05, 4.69) is 15.3 Å². The van der Waals surface area contributed by atoms with Crippen LogP contribution in [0.25, 0.3) is 0 Å². The van der Waals surface area contributed by atoms with E-state index in [1.54, 1.807) is 35.2 Å². The second-order valence-electron chi connectivity index (χ2n) is 10.2. The number of fused-ring (bicyclic) bond motifs is 4. The van der Waals surface area contributed by atoms with Crippen molar-refractivity contribution >= 4 is 29.1 Å². The highest BCUT2D eigenvalue weighted by atomic mass is 32.1. The van der Waals surface area contributed by atoms with Gasteiger partial charge in [-0.25, -0.2) is 9.97 Å². The maximum atomic E-state index is 13.6. The number of thiazole rings is 1. The molecule has 12 heteroatoms. The molecule has 1 saturated heterocycles. The fraction of sp³-hybridized carbons (Fsp3) is 0.433. The fourth-order valence-corrected chi connectivity index (χ4v) is 6.02. The molecule has 42 heavy (non-hydrogen) atoms. The highest BCUT2D eigenvalue weighted by Gasteiger charge is 2.41. The highest BCUT2D eigenvalue weighted by Crippen LogP contribution is 2.38. The molecular weight excluding hydrogens is 558 g/mol. The van der Waals surface area contributed by atoms with Crippen molar-refractivity contribution in [3.8, 4) is 17.4 Å². The van der Waals surface area contributed by atoms with Crippen LogP contribution in [0.15, 0.2) is 41.9 Å². The van der Waals surface area contributed by atoms with E-state index in [1.807, 2.05) is 37.4 Å². The highest BCUT2D eigenvalue weighted by molar-refractivity contribution is 7.09. The van der Waals surface area contributed by atoms with Crippen molar-refractivity contribution in [2.24, 2.45) is 5.92 Å². The van der Waals surface area contributed by atoms with Gasteiger partial charge in [-0.1, -0.05) is 6.07 Å². The molecule has 0 aliphatic carbocycles. The number of carbonyl (C=O) groups excluding carboxylic acids is 3. The first-order valence-corrected chi connectivity index (χ1v) is 14.9. The number of carbonyl (C=O) groups is 3. The molecule has 3 amide bonds. The number of benzene rings is 1. The summed E-state index contributed by atoms with van der Waals surface area (Å²) in [5.41, 5.74) is 1.96. The van der Waals surface area contributed by atoms with Gasteiger partial charge in [-0.2, -0.15) is 0 Å². The van der Waals surface area contributed by atoms with Gasteiger partial charge in [-0.15, -0.1) is 11.3 Å². The fourth-order valence-electron chi connectivity index (χ4n) is 5.41. The molecule has 2 aliphatic heterocycles. The SMILES string of the molecule is CCOc1ncccc1C(=O)N1CCNC(=O)[C@H]2CN(C(=O)Cc3csc(C)n3)C[C@@H]2c2ccc(OC)c(c2)OCC1. The van der Waals surface area contributed by atoms with Gasteiger partial charge in [0, 0.05) is 43.7 Å². The second-order valence-corrected chi connectivity index (χ2v) is 11.2. The summed E-state index contributed by atoms with van der Waals surface area (Å²) < 4.78 is 17.3. The summed E-state index contributed by atoms with van der Waals surface area (Å²) in [6.45, 7) is 5.78. The normalized spacial score (nSPS) is 19.0. The number of ether oxygens (including phenoxy) is 3. The number of nitrogens with zero attached hydrogens (tertiary/aromatic N) is 4. The molecule has 222 valence electrons. The van der Waals surface area contributed by atoms with E-state index in [-0.39, 0.29) is 68.7 Å². The molecular formula is C30H35N5O6S. The van der Waals surface area contributed by atoms with Crippen molar-refractivity contribution in [3.63, 3.8) is 0 Å². The van der Waals surface area contributed by atoms with Gasteiger partial charge in [-0.05, 0) is 43.7 Å². The number of likely N-dealkylation sites (tertiary alicyclic amines) is 1. The maximum Gasteiger partial charge on any atom is 0.259 e. The molecule has 2 aliphatic rings. The van der Waals surface area contributed by atoms with Gasteiger partial charge in [-0.3, -0.25) is 14.4 Å². The van der Waals surface area contributed by atoms with E-state index in [0.717, 1.165) is 16.3 Å². The van der Waals surface area contributed by atoms with Crippen molar-refractivity contribution in [3.05, 3.63) is 63.7 Å².